The van der Waals surface area contributed by atoms with Crippen LogP contribution in [0.3, 0.4) is 0 Å². The van der Waals surface area contributed by atoms with Crippen molar-refractivity contribution in [1.29, 1.82) is 0 Å². The summed E-state index contributed by atoms with van der Waals surface area (Å²) in [5, 5.41) is 9.74. The van der Waals surface area contributed by atoms with Crippen molar-refractivity contribution in [3.63, 3.8) is 0 Å². The van der Waals surface area contributed by atoms with Crippen LogP contribution in [-0.4, -0.2) is 41.3 Å². The van der Waals surface area contributed by atoms with Crippen LogP contribution in [0.15, 0.2) is 0 Å². The molecule has 94 valence electrons. The average molecular weight is 247 g/mol. The molecule has 0 spiro atoms. The Morgan fingerprint density at radius 2 is 1.81 bits per heavy atom. The summed E-state index contributed by atoms with van der Waals surface area (Å²) in [4.78, 5) is 0. The number of hydrogen-bond donors (Lipinski definition) is 1. The second-order valence-corrected chi connectivity index (χ2v) is 7.62. The molecule has 1 unspecified atom stereocenters. The molecule has 1 aliphatic carbocycles. The Balaban J connectivity index is 2.25. The molecule has 5 heteroatoms. The number of aliphatic hydroxyl groups is 1. The maximum Gasteiger partial charge on any atom is 0.217 e. The topological polar surface area (TPSA) is 57.6 Å². The van der Waals surface area contributed by atoms with Crippen molar-refractivity contribution in [2.45, 2.75) is 62.8 Å². The molecule has 0 amide bonds. The van der Waals surface area contributed by atoms with E-state index in [9.17, 15) is 13.5 Å². The molecular formula is C11H21NO3S. The Bertz CT molecular complexity index is 359. The van der Waals surface area contributed by atoms with Crippen LogP contribution < -0.4 is 0 Å². The van der Waals surface area contributed by atoms with E-state index in [0.717, 1.165) is 25.7 Å². The van der Waals surface area contributed by atoms with E-state index in [0.29, 0.717) is 13.0 Å². The van der Waals surface area contributed by atoms with Gasteiger partial charge in [-0.25, -0.2) is 8.42 Å². The molecule has 0 radical (unpaired) electrons. The highest BCUT2D eigenvalue weighted by atomic mass is 32.2. The average Bonchev–Trinajstić information content (AvgIpc) is 2.05. The lowest BCUT2D eigenvalue weighted by molar-refractivity contribution is -0.000670. The van der Waals surface area contributed by atoms with Gasteiger partial charge in [0.05, 0.1) is 16.9 Å². The van der Waals surface area contributed by atoms with Crippen molar-refractivity contribution < 1.29 is 13.5 Å². The predicted octanol–water partition coefficient (Wildman–Crippen LogP) is 1.10. The van der Waals surface area contributed by atoms with E-state index >= 15 is 0 Å². The molecule has 0 aromatic heterocycles. The number of aliphatic hydroxyl groups excluding tert-OH is 1. The maximum absolute atomic E-state index is 12.3. The van der Waals surface area contributed by atoms with Crippen LogP contribution in [0.1, 0.15) is 46.0 Å². The minimum atomic E-state index is -3.19. The van der Waals surface area contributed by atoms with E-state index in [1.165, 1.54) is 4.31 Å². The van der Waals surface area contributed by atoms with Gasteiger partial charge in [0.1, 0.15) is 0 Å². The molecule has 1 heterocycles. The molecule has 0 aromatic rings. The van der Waals surface area contributed by atoms with E-state index in [1.54, 1.807) is 0 Å². The van der Waals surface area contributed by atoms with Gasteiger partial charge in [-0.15, -0.1) is 0 Å². The van der Waals surface area contributed by atoms with Crippen LogP contribution in [-0.2, 0) is 10.0 Å². The molecule has 16 heavy (non-hydrogen) atoms. The van der Waals surface area contributed by atoms with Gasteiger partial charge in [0, 0.05) is 6.54 Å². The Hall–Kier alpha value is -0.130. The van der Waals surface area contributed by atoms with Gasteiger partial charge in [0.2, 0.25) is 10.0 Å². The van der Waals surface area contributed by atoms with Gasteiger partial charge in [-0.3, -0.25) is 0 Å². The Labute approximate surface area is 97.7 Å². The van der Waals surface area contributed by atoms with Crippen LogP contribution in [0.25, 0.3) is 0 Å². The lowest BCUT2D eigenvalue weighted by atomic mass is 9.90. The van der Waals surface area contributed by atoms with Gasteiger partial charge in [0.15, 0.2) is 0 Å². The van der Waals surface area contributed by atoms with Crippen molar-refractivity contribution in [3.05, 3.63) is 0 Å². The summed E-state index contributed by atoms with van der Waals surface area (Å²) in [5.41, 5.74) is -0.646. The van der Waals surface area contributed by atoms with E-state index in [4.69, 9.17) is 0 Å². The Morgan fingerprint density at radius 1 is 1.19 bits per heavy atom. The standard InChI is InChI=1S/C11H21NO3S/c1-11(2)10(13)7-4-8-12(11)16(14,15)9-5-3-6-9/h9-10,13H,3-8H2,1-2H3. The van der Waals surface area contributed by atoms with Gasteiger partial charge >= 0.3 is 0 Å². The largest absolute Gasteiger partial charge is 0.391 e. The minimum Gasteiger partial charge on any atom is -0.391 e. The summed E-state index contributed by atoms with van der Waals surface area (Å²) >= 11 is 0. The first-order valence-electron chi connectivity index (χ1n) is 6.06. The third-order valence-corrected chi connectivity index (χ3v) is 6.66. The highest BCUT2D eigenvalue weighted by molar-refractivity contribution is 7.89. The van der Waals surface area contributed by atoms with Gasteiger partial charge in [-0.1, -0.05) is 6.42 Å². The van der Waals surface area contributed by atoms with Crippen LogP contribution in [0.5, 0.6) is 0 Å². The summed E-state index contributed by atoms with van der Waals surface area (Å²) in [7, 11) is -3.19. The summed E-state index contributed by atoms with van der Waals surface area (Å²) in [6.45, 7) is 4.21. The fraction of sp³-hybridized carbons (Fsp3) is 1.00. The van der Waals surface area contributed by atoms with E-state index in [1.807, 2.05) is 13.8 Å². The third-order valence-electron chi connectivity index (χ3n) is 4.08. The summed E-state index contributed by atoms with van der Waals surface area (Å²) in [6, 6.07) is 0. The highest BCUT2D eigenvalue weighted by Gasteiger charge is 2.47. The molecule has 0 aromatic carbocycles. The maximum atomic E-state index is 12.3. The normalized spacial score (nSPS) is 32.3. The molecule has 2 aliphatic rings. The van der Waals surface area contributed by atoms with Crippen LogP contribution in [0.2, 0.25) is 0 Å². The zero-order valence-electron chi connectivity index (χ0n) is 10.0. The van der Waals surface area contributed by atoms with Crippen molar-refractivity contribution in [1.82, 2.24) is 4.31 Å². The van der Waals surface area contributed by atoms with Gasteiger partial charge in [-0.2, -0.15) is 4.31 Å². The first-order chi connectivity index (χ1) is 7.37. The quantitative estimate of drug-likeness (QED) is 0.795. The zero-order chi connectivity index (χ0) is 12.0. The van der Waals surface area contributed by atoms with Crippen LogP contribution >= 0.6 is 0 Å². The lowest BCUT2D eigenvalue weighted by Gasteiger charge is -2.47. The van der Waals surface area contributed by atoms with Crippen molar-refractivity contribution in [2.24, 2.45) is 0 Å². The molecule has 1 saturated carbocycles. The second kappa shape index (κ2) is 3.96. The van der Waals surface area contributed by atoms with E-state index < -0.39 is 21.7 Å². The Kier molecular flexibility index (Phi) is 3.05. The van der Waals surface area contributed by atoms with Crippen LogP contribution in [0, 0.1) is 0 Å². The smallest absolute Gasteiger partial charge is 0.217 e. The summed E-state index contributed by atoms with van der Waals surface area (Å²) < 4.78 is 26.2. The monoisotopic (exact) mass is 247 g/mol. The van der Waals surface area contributed by atoms with E-state index in [2.05, 4.69) is 0 Å². The predicted molar refractivity (Wildman–Crippen MR) is 62.6 cm³/mol. The lowest BCUT2D eigenvalue weighted by Crippen LogP contribution is -2.60. The minimum absolute atomic E-state index is 0.197. The van der Waals surface area contributed by atoms with Gasteiger partial charge in [0.25, 0.3) is 0 Å². The number of sulfonamides is 1. The summed E-state index contributed by atoms with van der Waals surface area (Å²) in [5.74, 6) is 0. The highest BCUT2D eigenvalue weighted by Crippen LogP contribution is 2.36. The molecule has 1 N–H and O–H groups in total. The molecule has 1 atom stereocenters. The molecular weight excluding hydrogens is 226 g/mol. The molecule has 4 nitrogen and oxygen atoms in total. The van der Waals surface area contributed by atoms with Crippen molar-refractivity contribution in [3.8, 4) is 0 Å². The fourth-order valence-electron chi connectivity index (χ4n) is 2.54. The SMILES string of the molecule is CC1(C)C(O)CCCN1S(=O)(=O)C1CCC1. The second-order valence-electron chi connectivity index (χ2n) is 5.48. The van der Waals surface area contributed by atoms with Crippen molar-refractivity contribution >= 4 is 10.0 Å². The van der Waals surface area contributed by atoms with Gasteiger partial charge < -0.3 is 5.11 Å². The molecule has 1 saturated heterocycles. The molecule has 0 bridgehead atoms. The first kappa shape index (κ1) is 12.3. The molecule has 2 rings (SSSR count). The van der Waals surface area contributed by atoms with Gasteiger partial charge in [-0.05, 0) is 39.5 Å². The summed E-state index contributed by atoms with van der Waals surface area (Å²) in [6.07, 6.45) is 3.49. The fourth-order valence-corrected chi connectivity index (χ4v) is 4.99. The molecule has 2 fully saturated rings. The third kappa shape index (κ3) is 1.79. The first-order valence-corrected chi connectivity index (χ1v) is 7.57. The van der Waals surface area contributed by atoms with Crippen molar-refractivity contribution in [2.75, 3.05) is 6.54 Å². The molecule has 1 aliphatic heterocycles. The van der Waals surface area contributed by atoms with Crippen LogP contribution in [0.4, 0.5) is 0 Å². The number of hydrogen-bond acceptors (Lipinski definition) is 3. The number of rotatable bonds is 2. The Morgan fingerprint density at radius 3 is 2.31 bits per heavy atom. The zero-order valence-corrected chi connectivity index (χ0v) is 10.8. The van der Waals surface area contributed by atoms with E-state index in [-0.39, 0.29) is 5.25 Å². The number of piperidine rings is 1. The number of nitrogens with zero attached hydrogens (tertiary/aromatic N) is 1.